The van der Waals surface area contributed by atoms with E-state index < -0.39 is 57.8 Å². The van der Waals surface area contributed by atoms with Gasteiger partial charge in [0.25, 0.3) is 0 Å². The van der Waals surface area contributed by atoms with Crippen LogP contribution in [0.25, 0.3) is 0 Å². The average molecular weight is 1080 g/mol. The van der Waals surface area contributed by atoms with Gasteiger partial charge < -0.3 is 24.2 Å². The maximum atomic E-state index is 12.9. The van der Waals surface area contributed by atoms with Crippen molar-refractivity contribution in [2.75, 3.05) is 26.4 Å². The molecular formula is C64H105O11P. The van der Waals surface area contributed by atoms with E-state index in [-0.39, 0.29) is 25.9 Å². The Balaban J connectivity index is 4.84. The minimum atomic E-state index is -4.77. The molecule has 0 aromatic carbocycles. The molecule has 0 radical (unpaired) electrons. The standard InChI is InChI=1S/C64H105O11P/c1-4-7-10-13-16-19-22-25-28-30-33-35-38-41-44-47-50-53-62(66)71-57-61(75-64(68)55-52-49-46-43-40-37-34-31-29-26-23-20-17-14-11-8-5-2)59-73-76(69,70)72-58-60(56-65)74-63(67)54-51-48-45-42-39-36-32-27-24-21-18-15-12-9-6-3/h7-8,10-11,16-21,25-29,32-35,37,60-61,65H,4-6,9,12-15,22-24,30-31,36,38-59H2,1-3H3,(H,69,70)/b10-7-,11-8-,19-16-,20-17-,21-18-,28-25-,29-26-,32-27-,35-33-,37-34-. The van der Waals surface area contributed by atoms with E-state index >= 15 is 0 Å². The van der Waals surface area contributed by atoms with Crippen molar-refractivity contribution >= 4 is 25.7 Å². The number of esters is 3. The summed E-state index contributed by atoms with van der Waals surface area (Å²) >= 11 is 0. The lowest BCUT2D eigenvalue weighted by atomic mass is 10.1. The van der Waals surface area contributed by atoms with Crippen molar-refractivity contribution in [2.24, 2.45) is 0 Å². The Bertz CT molecular complexity index is 1740. The van der Waals surface area contributed by atoms with Gasteiger partial charge in [-0.1, -0.05) is 200 Å². The Kier molecular flexibility index (Phi) is 54.0. The van der Waals surface area contributed by atoms with Crippen LogP contribution in [0, 0.1) is 0 Å². The second-order valence-corrected chi connectivity index (χ2v) is 20.5. The number of hydrogen-bond donors (Lipinski definition) is 2. The molecular weight excluding hydrogens is 976 g/mol. The average Bonchev–Trinajstić information content (AvgIpc) is 3.41. The predicted molar refractivity (Wildman–Crippen MR) is 316 cm³/mol. The molecule has 0 aliphatic heterocycles. The van der Waals surface area contributed by atoms with Crippen LogP contribution in [-0.2, 0) is 42.2 Å². The summed E-state index contributed by atoms with van der Waals surface area (Å²) in [4.78, 5) is 48.6. The van der Waals surface area contributed by atoms with E-state index in [0.717, 1.165) is 148 Å². The first-order valence-corrected chi connectivity index (χ1v) is 30.9. The van der Waals surface area contributed by atoms with Gasteiger partial charge in [-0.05, 0) is 128 Å². The number of rotatable bonds is 53. The van der Waals surface area contributed by atoms with Crippen molar-refractivity contribution < 1.29 is 52.2 Å². The van der Waals surface area contributed by atoms with Gasteiger partial charge in [-0.15, -0.1) is 0 Å². The van der Waals surface area contributed by atoms with E-state index in [2.05, 4.69) is 142 Å². The first-order valence-electron chi connectivity index (χ1n) is 29.4. The van der Waals surface area contributed by atoms with Crippen molar-refractivity contribution in [1.82, 2.24) is 0 Å². The van der Waals surface area contributed by atoms with E-state index in [1.165, 1.54) is 19.3 Å². The third kappa shape index (κ3) is 54.7. The van der Waals surface area contributed by atoms with Crippen LogP contribution in [0.15, 0.2) is 122 Å². The lowest BCUT2D eigenvalue weighted by Crippen LogP contribution is -2.30. The number of carbonyl (C=O) groups excluding carboxylic acids is 3. The summed E-state index contributed by atoms with van der Waals surface area (Å²) in [6.45, 7) is 4.31. The molecule has 3 unspecified atom stereocenters. The fraction of sp³-hybridized carbons (Fsp3) is 0.641. The lowest BCUT2D eigenvalue weighted by molar-refractivity contribution is -0.161. The third-order valence-corrected chi connectivity index (χ3v) is 12.8. The van der Waals surface area contributed by atoms with Gasteiger partial charge in [-0.2, -0.15) is 0 Å². The van der Waals surface area contributed by atoms with Crippen molar-refractivity contribution in [3.05, 3.63) is 122 Å². The van der Waals surface area contributed by atoms with Crippen LogP contribution in [0.3, 0.4) is 0 Å². The maximum absolute atomic E-state index is 12.9. The Morgan fingerprint density at radius 3 is 1.05 bits per heavy atom. The van der Waals surface area contributed by atoms with E-state index in [0.29, 0.717) is 19.3 Å². The Labute approximate surface area is 462 Å². The normalized spacial score (nSPS) is 14.2. The lowest BCUT2D eigenvalue weighted by Gasteiger charge is -2.21. The molecule has 0 rings (SSSR count). The molecule has 432 valence electrons. The van der Waals surface area contributed by atoms with Gasteiger partial charge in [0, 0.05) is 19.3 Å². The number of unbranched alkanes of at least 4 members (excludes halogenated alkanes) is 16. The fourth-order valence-electron chi connectivity index (χ4n) is 7.43. The number of allylic oxidation sites excluding steroid dienone is 20. The number of ether oxygens (including phenoxy) is 3. The van der Waals surface area contributed by atoms with Crippen LogP contribution in [0.5, 0.6) is 0 Å². The van der Waals surface area contributed by atoms with E-state index in [9.17, 15) is 28.9 Å². The van der Waals surface area contributed by atoms with E-state index in [1.54, 1.807) is 0 Å². The highest BCUT2D eigenvalue weighted by Gasteiger charge is 2.28. The van der Waals surface area contributed by atoms with Gasteiger partial charge in [0.2, 0.25) is 0 Å². The molecule has 76 heavy (non-hydrogen) atoms. The zero-order chi connectivity index (χ0) is 55.5. The molecule has 0 saturated carbocycles. The van der Waals surface area contributed by atoms with Crippen LogP contribution in [0.2, 0.25) is 0 Å². The Morgan fingerprint density at radius 1 is 0.382 bits per heavy atom. The minimum absolute atomic E-state index is 0.126. The first kappa shape index (κ1) is 71.9. The highest BCUT2D eigenvalue weighted by atomic mass is 31.2. The molecule has 2 N–H and O–H groups in total. The van der Waals surface area contributed by atoms with Crippen LogP contribution >= 0.6 is 7.82 Å². The minimum Gasteiger partial charge on any atom is -0.462 e. The van der Waals surface area contributed by atoms with Gasteiger partial charge in [0.05, 0.1) is 19.8 Å². The van der Waals surface area contributed by atoms with Gasteiger partial charge >= 0.3 is 25.7 Å². The van der Waals surface area contributed by atoms with Gasteiger partial charge in [0.15, 0.2) is 6.10 Å². The Hall–Kier alpha value is -4.12. The molecule has 3 atom stereocenters. The molecule has 0 heterocycles. The van der Waals surface area contributed by atoms with Gasteiger partial charge in [0.1, 0.15) is 12.7 Å². The summed E-state index contributed by atoms with van der Waals surface area (Å²) in [6.07, 6.45) is 70.0. The van der Waals surface area contributed by atoms with Crippen molar-refractivity contribution in [1.29, 1.82) is 0 Å². The molecule has 0 aliphatic carbocycles. The van der Waals surface area contributed by atoms with Crippen LogP contribution in [0.1, 0.15) is 226 Å². The largest absolute Gasteiger partial charge is 0.472 e. The maximum Gasteiger partial charge on any atom is 0.472 e. The first-order chi connectivity index (χ1) is 37.2. The predicted octanol–water partition coefficient (Wildman–Crippen LogP) is 17.6. The monoisotopic (exact) mass is 1080 g/mol. The van der Waals surface area contributed by atoms with Crippen molar-refractivity contribution in [2.45, 2.75) is 238 Å². The molecule has 0 saturated heterocycles. The van der Waals surface area contributed by atoms with Crippen LogP contribution < -0.4 is 0 Å². The van der Waals surface area contributed by atoms with E-state index in [4.69, 9.17) is 23.3 Å². The molecule has 11 nitrogen and oxygen atoms in total. The summed E-state index contributed by atoms with van der Waals surface area (Å²) in [5.41, 5.74) is 0. The summed E-state index contributed by atoms with van der Waals surface area (Å²) in [5, 5.41) is 9.82. The molecule has 12 heteroatoms. The van der Waals surface area contributed by atoms with E-state index in [1.807, 2.05) is 0 Å². The van der Waals surface area contributed by atoms with Crippen molar-refractivity contribution in [3.8, 4) is 0 Å². The van der Waals surface area contributed by atoms with Crippen LogP contribution in [0.4, 0.5) is 0 Å². The van der Waals surface area contributed by atoms with Crippen molar-refractivity contribution in [3.63, 3.8) is 0 Å². The molecule has 0 spiro atoms. The van der Waals surface area contributed by atoms with Gasteiger partial charge in [-0.3, -0.25) is 23.4 Å². The van der Waals surface area contributed by atoms with Gasteiger partial charge in [-0.25, -0.2) is 4.57 Å². The number of hydrogen-bond acceptors (Lipinski definition) is 10. The molecule has 0 aromatic heterocycles. The quantitative estimate of drug-likeness (QED) is 0.0197. The van der Waals surface area contributed by atoms with Crippen LogP contribution in [-0.4, -0.2) is 66.5 Å². The fourth-order valence-corrected chi connectivity index (χ4v) is 8.21. The number of aliphatic hydroxyl groups is 1. The molecule has 0 amide bonds. The smallest absolute Gasteiger partial charge is 0.462 e. The number of phosphoric acid groups is 1. The summed E-state index contributed by atoms with van der Waals surface area (Å²) in [5.74, 6) is -1.55. The second kappa shape index (κ2) is 57.1. The number of aliphatic hydroxyl groups excluding tert-OH is 1. The summed E-state index contributed by atoms with van der Waals surface area (Å²) in [7, 11) is -4.77. The third-order valence-electron chi connectivity index (χ3n) is 11.8. The highest BCUT2D eigenvalue weighted by Crippen LogP contribution is 2.43. The summed E-state index contributed by atoms with van der Waals surface area (Å²) < 4.78 is 39.5. The molecule has 0 bridgehead atoms. The molecule has 0 fully saturated rings. The Morgan fingerprint density at radius 2 is 0.684 bits per heavy atom. The topological polar surface area (TPSA) is 155 Å². The SMILES string of the molecule is CC/C=C\C/C=C\C/C=C\C/C=C\CCCCCCC(=O)OCC(COP(=O)(O)OCC(CO)OC(=O)CCCCCCC/C=C\C/C=C\CCCCC)OC(=O)CCCCCC/C=C\C/C=C\C/C=C\C/C=C\CC. The number of phosphoric ester groups is 1. The number of carbonyl (C=O) groups is 3. The zero-order valence-electron chi connectivity index (χ0n) is 47.7. The molecule has 0 aromatic rings. The summed E-state index contributed by atoms with van der Waals surface area (Å²) in [6, 6.07) is 0. The second-order valence-electron chi connectivity index (χ2n) is 19.0. The molecule has 0 aliphatic rings. The highest BCUT2D eigenvalue weighted by molar-refractivity contribution is 7.47. The zero-order valence-corrected chi connectivity index (χ0v) is 48.6.